The number of nitrogens with two attached hydrogens (primary N) is 1. The van der Waals surface area contributed by atoms with Crippen molar-refractivity contribution in [3.8, 4) is 0 Å². The van der Waals surface area contributed by atoms with Gasteiger partial charge in [-0.1, -0.05) is 29.3 Å². The van der Waals surface area contributed by atoms with Gasteiger partial charge in [0.05, 0.1) is 13.2 Å². The standard InChI is InChI=1S/C14H22Cl2N2O2/c1-19-7-5-18(6-8-20-2)14(10-17)12-4-3-11(15)9-13(12)16/h3-4,9,14H,5-8,10,17H2,1-2H3. The maximum Gasteiger partial charge on any atom is 0.0589 e. The zero-order chi connectivity index (χ0) is 15.0. The fourth-order valence-corrected chi connectivity index (χ4v) is 2.62. The van der Waals surface area contributed by atoms with Crippen molar-refractivity contribution in [1.29, 1.82) is 0 Å². The lowest BCUT2D eigenvalue weighted by molar-refractivity contribution is 0.0891. The fourth-order valence-electron chi connectivity index (χ4n) is 2.09. The summed E-state index contributed by atoms with van der Waals surface area (Å²) in [5, 5.41) is 1.25. The van der Waals surface area contributed by atoms with Crippen LogP contribution in [0.3, 0.4) is 0 Å². The van der Waals surface area contributed by atoms with E-state index in [0.29, 0.717) is 29.8 Å². The van der Waals surface area contributed by atoms with E-state index in [4.69, 9.17) is 38.4 Å². The molecule has 0 aromatic heterocycles. The molecule has 4 nitrogen and oxygen atoms in total. The minimum absolute atomic E-state index is 0.0186. The molecule has 0 spiro atoms. The monoisotopic (exact) mass is 320 g/mol. The first-order valence-corrected chi connectivity index (χ1v) is 7.26. The lowest BCUT2D eigenvalue weighted by atomic mass is 10.1. The molecule has 0 saturated carbocycles. The van der Waals surface area contributed by atoms with E-state index in [0.717, 1.165) is 18.7 Å². The Bertz CT molecular complexity index is 397. The molecule has 1 aromatic carbocycles. The molecule has 0 saturated heterocycles. The van der Waals surface area contributed by atoms with Gasteiger partial charge in [0.15, 0.2) is 0 Å². The minimum Gasteiger partial charge on any atom is -0.383 e. The van der Waals surface area contributed by atoms with Crippen LogP contribution in [-0.2, 0) is 9.47 Å². The van der Waals surface area contributed by atoms with Crippen molar-refractivity contribution in [3.63, 3.8) is 0 Å². The molecule has 114 valence electrons. The van der Waals surface area contributed by atoms with Crippen molar-refractivity contribution in [2.24, 2.45) is 5.73 Å². The minimum atomic E-state index is 0.0186. The molecule has 0 heterocycles. The molecule has 20 heavy (non-hydrogen) atoms. The fraction of sp³-hybridized carbons (Fsp3) is 0.571. The quantitative estimate of drug-likeness (QED) is 0.759. The third-order valence-corrected chi connectivity index (χ3v) is 3.71. The van der Waals surface area contributed by atoms with Gasteiger partial charge in [-0.25, -0.2) is 0 Å². The highest BCUT2D eigenvalue weighted by Gasteiger charge is 2.21. The summed E-state index contributed by atoms with van der Waals surface area (Å²) >= 11 is 12.2. The Labute approximate surface area is 130 Å². The summed E-state index contributed by atoms with van der Waals surface area (Å²) in [6.07, 6.45) is 0. The highest BCUT2D eigenvalue weighted by molar-refractivity contribution is 6.35. The van der Waals surface area contributed by atoms with Crippen molar-refractivity contribution >= 4 is 23.2 Å². The van der Waals surface area contributed by atoms with Crippen LogP contribution in [0, 0.1) is 0 Å². The highest BCUT2D eigenvalue weighted by Crippen LogP contribution is 2.29. The van der Waals surface area contributed by atoms with Gasteiger partial charge < -0.3 is 15.2 Å². The molecular formula is C14H22Cl2N2O2. The lowest BCUT2D eigenvalue weighted by Gasteiger charge is -2.31. The second kappa shape index (κ2) is 9.55. The number of hydrogen-bond donors (Lipinski definition) is 1. The molecule has 1 aromatic rings. The Morgan fingerprint density at radius 3 is 2.20 bits per heavy atom. The van der Waals surface area contributed by atoms with Gasteiger partial charge >= 0.3 is 0 Å². The van der Waals surface area contributed by atoms with Crippen LogP contribution in [0.25, 0.3) is 0 Å². The molecule has 1 atom stereocenters. The van der Waals surface area contributed by atoms with E-state index in [1.165, 1.54) is 0 Å². The summed E-state index contributed by atoms with van der Waals surface area (Å²) in [6, 6.07) is 5.52. The van der Waals surface area contributed by atoms with Crippen molar-refractivity contribution in [2.75, 3.05) is 47.1 Å². The number of nitrogens with zero attached hydrogens (tertiary/aromatic N) is 1. The molecule has 0 aliphatic heterocycles. The Kier molecular flexibility index (Phi) is 8.45. The van der Waals surface area contributed by atoms with Gasteiger partial charge in [0, 0.05) is 49.9 Å². The number of rotatable bonds is 9. The van der Waals surface area contributed by atoms with Crippen LogP contribution in [0.1, 0.15) is 11.6 Å². The van der Waals surface area contributed by atoms with Crippen LogP contribution >= 0.6 is 23.2 Å². The summed E-state index contributed by atoms with van der Waals surface area (Å²) in [4.78, 5) is 2.21. The molecule has 0 bridgehead atoms. The maximum absolute atomic E-state index is 6.29. The molecular weight excluding hydrogens is 299 g/mol. The highest BCUT2D eigenvalue weighted by atomic mass is 35.5. The van der Waals surface area contributed by atoms with Gasteiger partial charge in [0.2, 0.25) is 0 Å². The van der Waals surface area contributed by atoms with Gasteiger partial charge in [-0.2, -0.15) is 0 Å². The summed E-state index contributed by atoms with van der Waals surface area (Å²) in [6.45, 7) is 3.26. The Morgan fingerprint density at radius 1 is 1.15 bits per heavy atom. The summed E-state index contributed by atoms with van der Waals surface area (Å²) < 4.78 is 10.3. The van der Waals surface area contributed by atoms with Crippen LogP contribution in [-0.4, -0.2) is 52.0 Å². The van der Waals surface area contributed by atoms with Gasteiger partial charge in [-0.3, -0.25) is 4.90 Å². The topological polar surface area (TPSA) is 47.7 Å². The molecule has 0 radical (unpaired) electrons. The molecule has 1 rings (SSSR count). The predicted molar refractivity (Wildman–Crippen MR) is 83.6 cm³/mol. The van der Waals surface area contributed by atoms with Gasteiger partial charge in [-0.05, 0) is 17.7 Å². The van der Waals surface area contributed by atoms with E-state index in [1.54, 1.807) is 20.3 Å². The third-order valence-electron chi connectivity index (χ3n) is 3.15. The van der Waals surface area contributed by atoms with Crippen LogP contribution in [0.4, 0.5) is 0 Å². The maximum atomic E-state index is 6.29. The second-order valence-electron chi connectivity index (χ2n) is 4.44. The average Bonchev–Trinajstić information content (AvgIpc) is 2.43. The van der Waals surface area contributed by atoms with Crippen molar-refractivity contribution in [2.45, 2.75) is 6.04 Å². The van der Waals surface area contributed by atoms with E-state index in [9.17, 15) is 0 Å². The van der Waals surface area contributed by atoms with E-state index in [1.807, 2.05) is 12.1 Å². The molecule has 1 unspecified atom stereocenters. The molecule has 0 aliphatic rings. The van der Waals surface area contributed by atoms with Crippen LogP contribution in [0.2, 0.25) is 10.0 Å². The Morgan fingerprint density at radius 2 is 1.75 bits per heavy atom. The third kappa shape index (κ3) is 5.20. The largest absolute Gasteiger partial charge is 0.383 e. The van der Waals surface area contributed by atoms with Crippen molar-refractivity contribution < 1.29 is 9.47 Å². The second-order valence-corrected chi connectivity index (χ2v) is 5.28. The molecule has 2 N–H and O–H groups in total. The zero-order valence-corrected chi connectivity index (χ0v) is 13.5. The summed E-state index contributed by atoms with van der Waals surface area (Å²) in [5.41, 5.74) is 6.92. The Balaban J connectivity index is 2.92. The number of ether oxygens (including phenoxy) is 2. The first-order chi connectivity index (χ1) is 9.63. The lowest BCUT2D eigenvalue weighted by Crippen LogP contribution is -2.38. The zero-order valence-electron chi connectivity index (χ0n) is 11.9. The predicted octanol–water partition coefficient (Wildman–Crippen LogP) is 2.59. The number of hydrogen-bond acceptors (Lipinski definition) is 4. The Hall–Kier alpha value is -0.360. The summed E-state index contributed by atoms with van der Waals surface area (Å²) in [5.74, 6) is 0. The average molecular weight is 321 g/mol. The van der Waals surface area contributed by atoms with Crippen LogP contribution in [0.5, 0.6) is 0 Å². The SMILES string of the molecule is COCCN(CCOC)C(CN)c1ccc(Cl)cc1Cl. The van der Waals surface area contributed by atoms with Crippen LogP contribution in [0.15, 0.2) is 18.2 Å². The smallest absolute Gasteiger partial charge is 0.0589 e. The first-order valence-electron chi connectivity index (χ1n) is 6.51. The van der Waals surface area contributed by atoms with Gasteiger partial charge in [0.25, 0.3) is 0 Å². The first kappa shape index (κ1) is 17.7. The van der Waals surface area contributed by atoms with Gasteiger partial charge in [0.1, 0.15) is 0 Å². The van der Waals surface area contributed by atoms with Crippen LogP contribution < -0.4 is 5.73 Å². The van der Waals surface area contributed by atoms with Crippen molar-refractivity contribution in [3.05, 3.63) is 33.8 Å². The number of benzene rings is 1. The van der Waals surface area contributed by atoms with E-state index in [2.05, 4.69) is 4.90 Å². The van der Waals surface area contributed by atoms with Crippen molar-refractivity contribution in [1.82, 2.24) is 4.90 Å². The summed E-state index contributed by atoms with van der Waals surface area (Å²) in [7, 11) is 3.36. The number of methoxy groups -OCH3 is 2. The molecule has 6 heteroatoms. The normalized spacial score (nSPS) is 12.9. The van der Waals surface area contributed by atoms with E-state index in [-0.39, 0.29) is 6.04 Å². The number of halogens is 2. The molecule has 0 amide bonds. The van der Waals surface area contributed by atoms with E-state index < -0.39 is 0 Å². The molecule has 0 aliphatic carbocycles. The van der Waals surface area contributed by atoms with E-state index >= 15 is 0 Å². The molecule has 0 fully saturated rings. The van der Waals surface area contributed by atoms with Gasteiger partial charge in [-0.15, -0.1) is 0 Å².